The first kappa shape index (κ1) is 29.6. The van der Waals surface area contributed by atoms with E-state index in [1.807, 2.05) is 38.1 Å². The maximum Gasteiger partial charge on any atom is 0.417 e. The first-order valence-corrected chi connectivity index (χ1v) is 16.6. The summed E-state index contributed by atoms with van der Waals surface area (Å²) in [5.41, 5.74) is 1.57. The Hall–Kier alpha value is -2.61. The standard InChI is InChI=1S/C28H44N2O5Si/c1-21-14-15-23(20-22(21)2)34-18-17-29(16-9-10-19-36(6,7)8)26(32)24-12-11-13-25(31)30(24)27(33)35-28(3,4)5/h9-10,14-15,20,24H,11-13,16-19H2,1-8H3/t24-/m0/s1. The Bertz CT molecular complexity index is 962. The zero-order valence-electron chi connectivity index (χ0n) is 23.3. The number of amides is 3. The van der Waals surface area contributed by atoms with Crippen LogP contribution < -0.4 is 4.74 Å². The van der Waals surface area contributed by atoms with Gasteiger partial charge in [0.05, 0.1) is 6.54 Å². The molecule has 1 fully saturated rings. The molecular formula is C28H44N2O5Si. The van der Waals surface area contributed by atoms with E-state index < -0.39 is 25.8 Å². The molecule has 0 aromatic heterocycles. The third-order valence-electron chi connectivity index (χ3n) is 5.97. The molecule has 0 bridgehead atoms. The van der Waals surface area contributed by atoms with Gasteiger partial charge in [-0.2, -0.15) is 0 Å². The van der Waals surface area contributed by atoms with Gasteiger partial charge in [0.25, 0.3) is 0 Å². The van der Waals surface area contributed by atoms with Crippen LogP contribution in [0, 0.1) is 13.8 Å². The van der Waals surface area contributed by atoms with E-state index in [0.29, 0.717) is 32.5 Å². The molecule has 0 aliphatic carbocycles. The molecule has 1 saturated heterocycles. The van der Waals surface area contributed by atoms with Gasteiger partial charge in [-0.1, -0.05) is 37.9 Å². The van der Waals surface area contributed by atoms with Crippen molar-refractivity contribution in [3.63, 3.8) is 0 Å². The molecule has 8 heteroatoms. The highest BCUT2D eigenvalue weighted by molar-refractivity contribution is 6.76. The van der Waals surface area contributed by atoms with Crippen molar-refractivity contribution >= 4 is 26.0 Å². The van der Waals surface area contributed by atoms with Crippen molar-refractivity contribution in [2.45, 2.75) is 91.2 Å². The number of imide groups is 1. The number of allylic oxidation sites excluding steroid dienone is 1. The predicted molar refractivity (Wildman–Crippen MR) is 146 cm³/mol. The quantitative estimate of drug-likeness (QED) is 0.310. The van der Waals surface area contributed by atoms with Gasteiger partial charge < -0.3 is 14.4 Å². The molecule has 7 nitrogen and oxygen atoms in total. The third kappa shape index (κ3) is 9.45. The summed E-state index contributed by atoms with van der Waals surface area (Å²) in [5, 5.41) is 0. The van der Waals surface area contributed by atoms with Crippen molar-refractivity contribution in [2.75, 3.05) is 19.7 Å². The molecule has 36 heavy (non-hydrogen) atoms. The molecule has 0 spiro atoms. The summed E-state index contributed by atoms with van der Waals surface area (Å²) in [6.45, 7) is 17.3. The average molecular weight is 517 g/mol. The second-order valence-corrected chi connectivity index (χ2v) is 17.3. The molecular weight excluding hydrogens is 472 g/mol. The summed E-state index contributed by atoms with van der Waals surface area (Å²) in [6.07, 6.45) is 4.60. The fraction of sp³-hybridized carbons (Fsp3) is 0.607. The van der Waals surface area contributed by atoms with Crippen LogP contribution in [0.25, 0.3) is 0 Å². The van der Waals surface area contributed by atoms with Gasteiger partial charge in [0.2, 0.25) is 11.8 Å². The van der Waals surface area contributed by atoms with E-state index in [1.165, 1.54) is 5.56 Å². The Morgan fingerprint density at radius 2 is 1.83 bits per heavy atom. The minimum absolute atomic E-state index is 0.231. The van der Waals surface area contributed by atoms with Crippen molar-refractivity contribution in [1.82, 2.24) is 9.80 Å². The van der Waals surface area contributed by atoms with Crippen LogP contribution in [0.1, 0.15) is 51.2 Å². The first-order valence-electron chi connectivity index (χ1n) is 12.9. The highest BCUT2D eigenvalue weighted by Crippen LogP contribution is 2.24. The maximum atomic E-state index is 13.7. The summed E-state index contributed by atoms with van der Waals surface area (Å²) in [7, 11) is -1.26. The molecule has 2 rings (SSSR count). The van der Waals surface area contributed by atoms with Crippen LogP contribution in [-0.4, -0.2) is 67.1 Å². The smallest absolute Gasteiger partial charge is 0.417 e. The summed E-state index contributed by atoms with van der Waals surface area (Å²) < 4.78 is 11.4. The number of carbonyl (C=O) groups excluding carboxylic acids is 3. The van der Waals surface area contributed by atoms with Gasteiger partial charge in [-0.3, -0.25) is 9.59 Å². The molecule has 1 atom stereocenters. The van der Waals surface area contributed by atoms with Crippen LogP contribution in [-0.2, 0) is 14.3 Å². The van der Waals surface area contributed by atoms with E-state index in [-0.39, 0.29) is 18.2 Å². The van der Waals surface area contributed by atoms with Gasteiger partial charge in [0.1, 0.15) is 24.0 Å². The van der Waals surface area contributed by atoms with Crippen molar-refractivity contribution in [1.29, 1.82) is 0 Å². The highest BCUT2D eigenvalue weighted by atomic mass is 28.3. The van der Waals surface area contributed by atoms with Gasteiger partial charge in [-0.15, -0.1) is 0 Å². The molecule has 1 aromatic rings. The lowest BCUT2D eigenvalue weighted by Crippen LogP contribution is -2.56. The number of hydrogen-bond acceptors (Lipinski definition) is 5. The molecule has 0 N–H and O–H groups in total. The zero-order chi connectivity index (χ0) is 27.1. The van der Waals surface area contributed by atoms with E-state index in [2.05, 4.69) is 25.7 Å². The number of aryl methyl sites for hydroxylation is 2. The zero-order valence-corrected chi connectivity index (χ0v) is 24.3. The van der Waals surface area contributed by atoms with Gasteiger partial charge in [0, 0.05) is 21.0 Å². The first-order chi connectivity index (χ1) is 16.7. The fourth-order valence-electron chi connectivity index (χ4n) is 3.86. The summed E-state index contributed by atoms with van der Waals surface area (Å²) in [6, 6.07) is 6.07. The average Bonchev–Trinajstić information content (AvgIpc) is 2.75. The van der Waals surface area contributed by atoms with Crippen LogP contribution in [0.4, 0.5) is 4.79 Å². The number of likely N-dealkylation sites (tertiary alicyclic amines) is 1. The van der Waals surface area contributed by atoms with E-state index >= 15 is 0 Å². The van der Waals surface area contributed by atoms with E-state index in [1.54, 1.807) is 25.7 Å². The number of ether oxygens (including phenoxy) is 2. The largest absolute Gasteiger partial charge is 0.492 e. The summed E-state index contributed by atoms with van der Waals surface area (Å²) in [4.78, 5) is 42.0. The molecule has 1 aliphatic rings. The monoisotopic (exact) mass is 516 g/mol. The van der Waals surface area contributed by atoms with E-state index in [4.69, 9.17) is 9.47 Å². The van der Waals surface area contributed by atoms with Crippen LogP contribution in [0.3, 0.4) is 0 Å². The lowest BCUT2D eigenvalue weighted by Gasteiger charge is -2.36. The maximum absolute atomic E-state index is 13.7. The van der Waals surface area contributed by atoms with Crippen LogP contribution in [0.5, 0.6) is 5.75 Å². The SMILES string of the molecule is Cc1ccc(OCCN(CC=CC[Si](C)(C)C)C(=O)[C@@H]2CCCC(=O)N2C(=O)OC(C)(C)C)cc1C. The van der Waals surface area contributed by atoms with Crippen molar-refractivity contribution in [3.05, 3.63) is 41.5 Å². The summed E-state index contributed by atoms with van der Waals surface area (Å²) >= 11 is 0. The molecule has 1 heterocycles. The van der Waals surface area contributed by atoms with Crippen molar-refractivity contribution in [3.8, 4) is 5.75 Å². The number of carbonyl (C=O) groups is 3. The fourth-order valence-corrected chi connectivity index (χ4v) is 4.74. The second-order valence-electron chi connectivity index (χ2n) is 11.8. The third-order valence-corrected chi connectivity index (χ3v) is 7.43. The Balaban J connectivity index is 2.19. The Morgan fingerprint density at radius 1 is 1.14 bits per heavy atom. The topological polar surface area (TPSA) is 76.2 Å². The van der Waals surface area contributed by atoms with Crippen LogP contribution in [0.2, 0.25) is 25.7 Å². The van der Waals surface area contributed by atoms with E-state index in [9.17, 15) is 14.4 Å². The minimum atomic E-state index is -1.26. The molecule has 1 aromatic carbocycles. The number of benzene rings is 1. The normalized spacial score (nSPS) is 16.8. The molecule has 0 radical (unpaired) electrons. The van der Waals surface area contributed by atoms with Crippen molar-refractivity contribution < 1.29 is 23.9 Å². The van der Waals surface area contributed by atoms with Crippen LogP contribution in [0.15, 0.2) is 30.4 Å². The number of hydrogen-bond donors (Lipinski definition) is 0. The molecule has 0 saturated carbocycles. The molecule has 1 aliphatic heterocycles. The number of nitrogens with zero attached hydrogens (tertiary/aromatic N) is 2. The Morgan fingerprint density at radius 3 is 2.44 bits per heavy atom. The van der Waals surface area contributed by atoms with Gasteiger partial charge in [0.15, 0.2) is 0 Å². The Kier molecular flexibility index (Phi) is 10.3. The van der Waals surface area contributed by atoms with Gasteiger partial charge in [-0.25, -0.2) is 9.69 Å². The molecule has 200 valence electrons. The van der Waals surface area contributed by atoms with E-state index in [0.717, 1.165) is 22.3 Å². The Labute approximate surface area is 217 Å². The molecule has 3 amide bonds. The van der Waals surface area contributed by atoms with Crippen molar-refractivity contribution in [2.24, 2.45) is 0 Å². The summed E-state index contributed by atoms with van der Waals surface area (Å²) in [5.74, 6) is 0.132. The second kappa shape index (κ2) is 12.6. The minimum Gasteiger partial charge on any atom is -0.492 e. The lowest BCUT2D eigenvalue weighted by molar-refractivity contribution is -0.147. The highest BCUT2D eigenvalue weighted by Gasteiger charge is 2.41. The predicted octanol–water partition coefficient (Wildman–Crippen LogP) is 5.72. The van der Waals surface area contributed by atoms with Gasteiger partial charge >= 0.3 is 6.09 Å². The lowest BCUT2D eigenvalue weighted by atomic mass is 10.0. The van der Waals surface area contributed by atoms with Crippen LogP contribution >= 0.6 is 0 Å². The number of rotatable bonds is 9. The van der Waals surface area contributed by atoms with Gasteiger partial charge in [-0.05, 0) is 76.8 Å². The number of piperidine rings is 1. The molecule has 0 unspecified atom stereocenters.